The van der Waals surface area contributed by atoms with Crippen molar-refractivity contribution in [3.63, 3.8) is 0 Å². The molecule has 6 heteroatoms. The first-order chi connectivity index (χ1) is 10.9. The molecule has 0 N–H and O–H groups in total. The van der Waals surface area contributed by atoms with Crippen LogP contribution >= 0.6 is 0 Å². The Hall–Kier alpha value is -3.02. The molecule has 0 saturated carbocycles. The summed E-state index contributed by atoms with van der Waals surface area (Å²) in [6.07, 6.45) is 0. The summed E-state index contributed by atoms with van der Waals surface area (Å²) in [7, 11) is 0. The van der Waals surface area contributed by atoms with Crippen molar-refractivity contribution in [3.05, 3.63) is 74.8 Å². The van der Waals surface area contributed by atoms with Crippen LogP contribution in [0.2, 0.25) is 0 Å². The van der Waals surface area contributed by atoms with Gasteiger partial charge < -0.3 is 4.74 Å². The fraction of sp³-hybridized carbons (Fsp3) is 0.176. The van der Waals surface area contributed by atoms with E-state index >= 15 is 0 Å². The number of ether oxygens (including phenoxy) is 1. The molecule has 0 aromatic heterocycles. The Morgan fingerprint density at radius 3 is 2.30 bits per heavy atom. The Labute approximate surface area is 132 Å². The number of non-ortho nitro benzene ring substituents is 1. The second-order valence-corrected chi connectivity index (χ2v) is 5.12. The monoisotopic (exact) mass is 313 g/mol. The number of nitrogens with zero attached hydrogens (tertiary/aromatic N) is 1. The number of ketones is 1. The van der Waals surface area contributed by atoms with Gasteiger partial charge in [0.1, 0.15) is 0 Å². The highest BCUT2D eigenvalue weighted by Crippen LogP contribution is 2.14. The van der Waals surface area contributed by atoms with E-state index in [1.54, 1.807) is 6.07 Å². The van der Waals surface area contributed by atoms with Gasteiger partial charge in [-0.3, -0.25) is 14.9 Å². The first-order valence-electron chi connectivity index (χ1n) is 6.90. The van der Waals surface area contributed by atoms with Crippen molar-refractivity contribution in [2.45, 2.75) is 13.8 Å². The number of nitro benzene ring substituents is 1. The molecule has 0 heterocycles. The summed E-state index contributed by atoms with van der Waals surface area (Å²) in [5.74, 6) is -0.990. The summed E-state index contributed by atoms with van der Waals surface area (Å²) >= 11 is 0. The fourth-order valence-electron chi connectivity index (χ4n) is 2.14. The van der Waals surface area contributed by atoms with Crippen LogP contribution < -0.4 is 0 Å². The van der Waals surface area contributed by atoms with E-state index in [-0.39, 0.29) is 23.6 Å². The van der Waals surface area contributed by atoms with Gasteiger partial charge >= 0.3 is 5.97 Å². The second-order valence-electron chi connectivity index (χ2n) is 5.12. The van der Waals surface area contributed by atoms with E-state index in [0.29, 0.717) is 5.56 Å². The molecule has 2 rings (SSSR count). The third-order valence-electron chi connectivity index (χ3n) is 3.33. The van der Waals surface area contributed by atoms with Gasteiger partial charge in [-0.25, -0.2) is 4.79 Å². The van der Waals surface area contributed by atoms with Crippen LogP contribution in [0.5, 0.6) is 0 Å². The molecule has 0 saturated heterocycles. The molecule has 0 aliphatic rings. The van der Waals surface area contributed by atoms with Gasteiger partial charge in [0.15, 0.2) is 6.61 Å². The van der Waals surface area contributed by atoms with Crippen LogP contribution in [0.3, 0.4) is 0 Å². The Morgan fingerprint density at radius 1 is 1.09 bits per heavy atom. The predicted molar refractivity (Wildman–Crippen MR) is 83.6 cm³/mol. The second kappa shape index (κ2) is 6.83. The van der Waals surface area contributed by atoms with Gasteiger partial charge in [-0.15, -0.1) is 0 Å². The molecule has 23 heavy (non-hydrogen) atoms. The number of hydrogen-bond acceptors (Lipinski definition) is 5. The third-order valence-corrected chi connectivity index (χ3v) is 3.33. The number of carbonyl (C=O) groups is 2. The van der Waals surface area contributed by atoms with Gasteiger partial charge in [0.2, 0.25) is 5.78 Å². The number of aryl methyl sites for hydroxylation is 2. The minimum Gasteiger partial charge on any atom is -0.454 e. The van der Waals surface area contributed by atoms with E-state index in [4.69, 9.17) is 4.74 Å². The van der Waals surface area contributed by atoms with Crippen molar-refractivity contribution in [2.75, 3.05) is 6.61 Å². The summed E-state index contributed by atoms with van der Waals surface area (Å²) in [5.41, 5.74) is 2.41. The molecule has 2 aromatic rings. The molecule has 0 unspecified atom stereocenters. The number of esters is 1. The number of Topliss-reactive ketones (excluding diaryl/α,β-unsaturated/α-hetero) is 1. The molecular weight excluding hydrogens is 298 g/mol. The lowest BCUT2D eigenvalue weighted by Crippen LogP contribution is -2.15. The van der Waals surface area contributed by atoms with E-state index < -0.39 is 10.9 Å². The van der Waals surface area contributed by atoms with Crippen molar-refractivity contribution in [3.8, 4) is 0 Å². The molecule has 0 bridgehead atoms. The molecule has 2 aromatic carbocycles. The van der Waals surface area contributed by atoms with E-state index in [2.05, 4.69) is 0 Å². The average molecular weight is 313 g/mol. The largest absolute Gasteiger partial charge is 0.454 e. The molecule has 0 aliphatic heterocycles. The lowest BCUT2D eigenvalue weighted by molar-refractivity contribution is -0.384. The number of carbonyl (C=O) groups excluding carboxylic acids is 2. The van der Waals surface area contributed by atoms with E-state index in [0.717, 1.165) is 11.1 Å². The smallest absolute Gasteiger partial charge is 0.338 e. The van der Waals surface area contributed by atoms with Crippen molar-refractivity contribution in [2.24, 2.45) is 0 Å². The normalized spacial score (nSPS) is 10.2. The van der Waals surface area contributed by atoms with Crippen LogP contribution in [-0.4, -0.2) is 23.3 Å². The van der Waals surface area contributed by atoms with Crippen LogP contribution in [0.1, 0.15) is 31.8 Å². The molecule has 6 nitrogen and oxygen atoms in total. The molecule has 0 amide bonds. The van der Waals surface area contributed by atoms with E-state index in [1.807, 2.05) is 26.0 Å². The number of benzene rings is 2. The van der Waals surface area contributed by atoms with E-state index in [1.165, 1.54) is 24.3 Å². The SMILES string of the molecule is Cc1ccc(C(=O)COC(=O)c2ccc([N+](=O)[O-])cc2)c(C)c1. The van der Waals surface area contributed by atoms with E-state index in [9.17, 15) is 19.7 Å². The molecule has 118 valence electrons. The van der Waals surface area contributed by atoms with Crippen LogP contribution in [0, 0.1) is 24.0 Å². The van der Waals surface area contributed by atoms with Crippen molar-refractivity contribution in [1.82, 2.24) is 0 Å². The Kier molecular flexibility index (Phi) is 4.85. The highest BCUT2D eigenvalue weighted by atomic mass is 16.6. The van der Waals surface area contributed by atoms with Crippen molar-refractivity contribution in [1.29, 1.82) is 0 Å². The molecular formula is C17H15NO5. The maximum absolute atomic E-state index is 12.1. The summed E-state index contributed by atoms with van der Waals surface area (Å²) in [4.78, 5) is 33.9. The van der Waals surface area contributed by atoms with Gasteiger partial charge in [0.25, 0.3) is 5.69 Å². The zero-order chi connectivity index (χ0) is 17.0. The quantitative estimate of drug-likeness (QED) is 0.366. The maximum Gasteiger partial charge on any atom is 0.338 e. The maximum atomic E-state index is 12.1. The number of rotatable bonds is 5. The lowest BCUT2D eigenvalue weighted by atomic mass is 10.0. The fourth-order valence-corrected chi connectivity index (χ4v) is 2.14. The summed E-state index contributed by atoms with van der Waals surface area (Å²) < 4.78 is 4.97. The standard InChI is InChI=1S/C17H15NO5/c1-11-3-8-15(12(2)9-11)16(19)10-23-17(20)13-4-6-14(7-5-13)18(21)22/h3-9H,10H2,1-2H3. The van der Waals surface area contributed by atoms with Crippen LogP contribution in [0.25, 0.3) is 0 Å². The van der Waals surface area contributed by atoms with Crippen molar-refractivity contribution >= 4 is 17.4 Å². The molecule has 0 spiro atoms. The highest BCUT2D eigenvalue weighted by Gasteiger charge is 2.14. The van der Waals surface area contributed by atoms with Crippen molar-refractivity contribution < 1.29 is 19.2 Å². The molecule has 0 radical (unpaired) electrons. The minimum atomic E-state index is -0.696. The summed E-state index contributed by atoms with van der Waals surface area (Å²) in [5, 5.41) is 10.6. The molecule has 0 aliphatic carbocycles. The summed E-state index contributed by atoms with van der Waals surface area (Å²) in [6, 6.07) is 10.4. The lowest BCUT2D eigenvalue weighted by Gasteiger charge is -2.07. The summed E-state index contributed by atoms with van der Waals surface area (Å²) in [6.45, 7) is 3.37. The third kappa shape index (κ3) is 4.00. The van der Waals surface area contributed by atoms with Gasteiger partial charge in [0.05, 0.1) is 10.5 Å². The Morgan fingerprint density at radius 2 is 1.74 bits per heavy atom. The first-order valence-corrected chi connectivity index (χ1v) is 6.90. The van der Waals surface area contributed by atoms with Gasteiger partial charge in [-0.1, -0.05) is 23.8 Å². The molecule has 0 fully saturated rings. The number of nitro groups is 1. The first kappa shape index (κ1) is 16.4. The number of hydrogen-bond donors (Lipinski definition) is 0. The predicted octanol–water partition coefficient (Wildman–Crippen LogP) is 3.25. The Bertz CT molecular complexity index is 765. The van der Waals surface area contributed by atoms with Gasteiger partial charge in [-0.05, 0) is 31.5 Å². The van der Waals surface area contributed by atoms with Crippen LogP contribution in [-0.2, 0) is 4.74 Å². The van der Waals surface area contributed by atoms with Crippen LogP contribution in [0.15, 0.2) is 42.5 Å². The minimum absolute atomic E-state index is 0.118. The van der Waals surface area contributed by atoms with Gasteiger partial charge in [0, 0.05) is 17.7 Å². The Balaban J connectivity index is 2.00. The molecule has 0 atom stereocenters. The average Bonchev–Trinajstić information content (AvgIpc) is 2.52. The topological polar surface area (TPSA) is 86.5 Å². The zero-order valence-electron chi connectivity index (χ0n) is 12.7. The van der Waals surface area contributed by atoms with Crippen LogP contribution in [0.4, 0.5) is 5.69 Å². The highest BCUT2D eigenvalue weighted by molar-refractivity contribution is 6.00. The van der Waals surface area contributed by atoms with Gasteiger partial charge in [-0.2, -0.15) is 0 Å². The zero-order valence-corrected chi connectivity index (χ0v) is 12.7.